The number of hydrogen-bond acceptors (Lipinski definition) is 4. The Morgan fingerprint density at radius 2 is 1.92 bits per heavy atom. The van der Waals surface area contributed by atoms with Crippen LogP contribution in [0.15, 0.2) is 53.5 Å². The Kier molecular flexibility index (Phi) is 4.20. The molecule has 5 nitrogen and oxygen atoms in total. The largest absolute Gasteiger partial charge is 0.338 e. The molecule has 2 aromatic rings. The number of nitrogens with zero attached hydrogens (tertiary/aromatic N) is 2. The van der Waals surface area contributed by atoms with Gasteiger partial charge in [0, 0.05) is 37.1 Å². The Morgan fingerprint density at radius 1 is 1.19 bits per heavy atom. The Morgan fingerprint density at radius 3 is 2.62 bits per heavy atom. The highest BCUT2D eigenvalue weighted by atomic mass is 19.1. The van der Waals surface area contributed by atoms with Gasteiger partial charge in [-0.25, -0.2) is 19.7 Å². The number of aliphatic imine (C=N–C) groups is 1. The molecule has 2 aromatic carbocycles. The molecule has 1 spiro atoms. The second-order valence-corrected chi connectivity index (χ2v) is 6.73. The minimum absolute atomic E-state index is 0.156. The van der Waals surface area contributed by atoms with Gasteiger partial charge in [0.25, 0.3) is 5.91 Å². The Bertz CT molecular complexity index is 859. The second-order valence-electron chi connectivity index (χ2n) is 6.73. The number of carbonyl (C=O) groups is 1. The number of aryl methyl sites for hydroxylation is 1. The summed E-state index contributed by atoms with van der Waals surface area (Å²) in [5.41, 5.74) is 4.16. The molecule has 0 atom stereocenters. The number of halogens is 1. The summed E-state index contributed by atoms with van der Waals surface area (Å²) < 4.78 is 13.7. The summed E-state index contributed by atoms with van der Waals surface area (Å²) >= 11 is 0. The summed E-state index contributed by atoms with van der Waals surface area (Å²) in [4.78, 5) is 24.8. The predicted molar refractivity (Wildman–Crippen MR) is 96.2 cm³/mol. The summed E-state index contributed by atoms with van der Waals surface area (Å²) in [6, 6.07) is 14.4. The quantitative estimate of drug-likeness (QED) is 0.903. The van der Waals surface area contributed by atoms with Crippen LogP contribution in [-0.4, -0.2) is 35.5 Å². The lowest BCUT2D eigenvalue weighted by Crippen LogP contribution is -2.46. The van der Waals surface area contributed by atoms with Crippen LogP contribution in [0.1, 0.15) is 34.3 Å². The minimum Gasteiger partial charge on any atom is -0.338 e. The van der Waals surface area contributed by atoms with Gasteiger partial charge in [-0.1, -0.05) is 36.4 Å². The topological polar surface area (TPSA) is 53.9 Å². The number of amidine groups is 1. The van der Waals surface area contributed by atoms with E-state index in [1.807, 2.05) is 30.3 Å². The number of carbonyl (C=O) groups excluding carboxylic acids is 1. The summed E-state index contributed by atoms with van der Waals surface area (Å²) in [6.07, 6.45) is 1.19. The third-order valence-electron chi connectivity index (χ3n) is 4.95. The third-order valence-corrected chi connectivity index (χ3v) is 4.95. The van der Waals surface area contributed by atoms with Crippen LogP contribution in [-0.2, 0) is 4.84 Å². The maximum absolute atomic E-state index is 13.7. The van der Waals surface area contributed by atoms with E-state index in [2.05, 4.69) is 5.48 Å². The zero-order valence-corrected chi connectivity index (χ0v) is 14.5. The van der Waals surface area contributed by atoms with Crippen molar-refractivity contribution >= 4 is 11.7 Å². The fourth-order valence-corrected chi connectivity index (χ4v) is 3.29. The van der Waals surface area contributed by atoms with Gasteiger partial charge in [0.2, 0.25) is 0 Å². The van der Waals surface area contributed by atoms with Gasteiger partial charge >= 0.3 is 0 Å². The first-order valence-corrected chi connectivity index (χ1v) is 8.71. The average Bonchev–Trinajstić information content (AvgIpc) is 3.08. The van der Waals surface area contributed by atoms with E-state index in [0.717, 1.165) is 5.56 Å². The first-order chi connectivity index (χ1) is 12.6. The van der Waals surface area contributed by atoms with Crippen LogP contribution in [0.3, 0.4) is 0 Å². The molecule has 2 aliphatic heterocycles. The number of hydrogen-bond donors (Lipinski definition) is 1. The predicted octanol–water partition coefficient (Wildman–Crippen LogP) is 3.05. The van der Waals surface area contributed by atoms with Crippen LogP contribution >= 0.6 is 0 Å². The van der Waals surface area contributed by atoms with Crippen LogP contribution in [0.25, 0.3) is 0 Å². The van der Waals surface area contributed by atoms with E-state index in [9.17, 15) is 9.18 Å². The summed E-state index contributed by atoms with van der Waals surface area (Å²) in [7, 11) is 0. The molecule has 1 saturated heterocycles. The Balaban J connectivity index is 1.45. The fourth-order valence-electron chi connectivity index (χ4n) is 3.29. The molecule has 0 aromatic heterocycles. The fraction of sp³-hybridized carbons (Fsp3) is 0.300. The molecular formula is C20H20FN3O2. The van der Waals surface area contributed by atoms with Crippen molar-refractivity contribution in [2.24, 2.45) is 4.99 Å². The molecule has 134 valence electrons. The molecular weight excluding hydrogens is 333 g/mol. The summed E-state index contributed by atoms with van der Waals surface area (Å²) in [6.45, 7) is 2.71. The lowest BCUT2D eigenvalue weighted by atomic mass is 10.00. The van der Waals surface area contributed by atoms with E-state index in [0.29, 0.717) is 42.9 Å². The van der Waals surface area contributed by atoms with E-state index in [-0.39, 0.29) is 11.7 Å². The van der Waals surface area contributed by atoms with Crippen molar-refractivity contribution in [3.8, 4) is 0 Å². The van der Waals surface area contributed by atoms with Crippen molar-refractivity contribution in [1.29, 1.82) is 0 Å². The number of piperidine rings is 1. The van der Waals surface area contributed by atoms with Gasteiger partial charge in [-0.15, -0.1) is 0 Å². The van der Waals surface area contributed by atoms with Crippen LogP contribution in [0, 0.1) is 12.7 Å². The highest BCUT2D eigenvalue weighted by Crippen LogP contribution is 2.31. The molecule has 1 N–H and O–H groups in total. The Hall–Kier alpha value is -2.73. The van der Waals surface area contributed by atoms with Gasteiger partial charge in [-0.3, -0.25) is 4.79 Å². The zero-order chi connectivity index (χ0) is 18.1. The Labute approximate surface area is 151 Å². The number of nitrogens with one attached hydrogen (secondary N) is 1. The van der Waals surface area contributed by atoms with E-state index >= 15 is 0 Å². The number of hydroxylamine groups is 1. The van der Waals surface area contributed by atoms with E-state index in [4.69, 9.17) is 9.83 Å². The van der Waals surface area contributed by atoms with Crippen molar-refractivity contribution in [2.75, 3.05) is 13.1 Å². The molecule has 0 radical (unpaired) electrons. The van der Waals surface area contributed by atoms with Gasteiger partial charge in [0.15, 0.2) is 11.6 Å². The molecule has 4 rings (SSSR count). The maximum atomic E-state index is 13.7. The van der Waals surface area contributed by atoms with Crippen molar-refractivity contribution in [3.05, 3.63) is 71.0 Å². The molecule has 0 saturated carbocycles. The van der Waals surface area contributed by atoms with Gasteiger partial charge in [-0.05, 0) is 24.6 Å². The van der Waals surface area contributed by atoms with E-state index in [1.54, 1.807) is 24.0 Å². The highest BCUT2D eigenvalue weighted by molar-refractivity contribution is 5.99. The number of rotatable bonds is 2. The molecule has 2 aliphatic rings. The van der Waals surface area contributed by atoms with Crippen LogP contribution in [0.5, 0.6) is 0 Å². The number of benzene rings is 2. The lowest BCUT2D eigenvalue weighted by molar-refractivity contribution is -0.0849. The lowest BCUT2D eigenvalue weighted by Gasteiger charge is -2.35. The zero-order valence-electron chi connectivity index (χ0n) is 14.5. The molecule has 6 heteroatoms. The molecule has 26 heavy (non-hydrogen) atoms. The minimum atomic E-state index is -0.638. The van der Waals surface area contributed by atoms with Crippen LogP contribution in [0.4, 0.5) is 4.39 Å². The monoisotopic (exact) mass is 353 g/mol. The SMILES string of the molecule is Cc1ccc(C(=O)N2CCC3(CC2)N=C(c2ccccc2)NO3)cc1F. The standard InChI is InChI=1S/C20H20FN3O2/c1-14-7-8-16(13-17(14)21)19(25)24-11-9-20(10-12-24)22-18(23-26-20)15-5-3-2-4-6-15/h2-8,13H,9-12H2,1H3,(H,22,23). The molecule has 1 amide bonds. The van der Waals surface area contributed by atoms with Crippen LogP contribution < -0.4 is 5.48 Å². The molecule has 0 bridgehead atoms. The molecule has 1 fully saturated rings. The van der Waals surface area contributed by atoms with Crippen molar-refractivity contribution in [2.45, 2.75) is 25.5 Å². The van der Waals surface area contributed by atoms with Gasteiger partial charge in [0.1, 0.15) is 5.82 Å². The van der Waals surface area contributed by atoms with Gasteiger partial charge in [-0.2, -0.15) is 0 Å². The average molecular weight is 353 g/mol. The van der Waals surface area contributed by atoms with Crippen molar-refractivity contribution in [3.63, 3.8) is 0 Å². The normalized spacial score (nSPS) is 18.5. The number of likely N-dealkylation sites (tertiary alicyclic amines) is 1. The van der Waals surface area contributed by atoms with Crippen molar-refractivity contribution < 1.29 is 14.0 Å². The first-order valence-electron chi connectivity index (χ1n) is 8.71. The number of amides is 1. The molecule has 0 aliphatic carbocycles. The molecule has 2 heterocycles. The smallest absolute Gasteiger partial charge is 0.253 e. The van der Waals surface area contributed by atoms with E-state index < -0.39 is 5.72 Å². The first kappa shape index (κ1) is 16.7. The van der Waals surface area contributed by atoms with Gasteiger partial charge < -0.3 is 4.90 Å². The summed E-state index contributed by atoms with van der Waals surface area (Å²) in [5, 5.41) is 0. The third kappa shape index (κ3) is 3.08. The van der Waals surface area contributed by atoms with Gasteiger partial charge in [0.05, 0.1) is 0 Å². The van der Waals surface area contributed by atoms with Crippen LogP contribution in [0.2, 0.25) is 0 Å². The van der Waals surface area contributed by atoms with E-state index in [1.165, 1.54) is 6.07 Å². The highest BCUT2D eigenvalue weighted by Gasteiger charge is 2.41. The second kappa shape index (κ2) is 6.53. The maximum Gasteiger partial charge on any atom is 0.253 e. The van der Waals surface area contributed by atoms with Crippen molar-refractivity contribution in [1.82, 2.24) is 10.4 Å². The molecule has 0 unspecified atom stereocenters. The summed E-state index contributed by atoms with van der Waals surface area (Å²) in [5.74, 6) is 0.202.